The monoisotopic (exact) mass is 450 g/mol. The average molecular weight is 451 g/mol. The van der Waals surface area contributed by atoms with Gasteiger partial charge >= 0.3 is 5.97 Å². The first-order valence-electron chi connectivity index (χ1n) is 8.79. The summed E-state index contributed by atoms with van der Waals surface area (Å²) in [5.74, 6) is -0.0332. The van der Waals surface area contributed by atoms with Crippen molar-refractivity contribution in [1.29, 1.82) is 0 Å². The van der Waals surface area contributed by atoms with Gasteiger partial charge in [-0.15, -0.1) is 0 Å². The molecule has 0 radical (unpaired) electrons. The second-order valence-electron chi connectivity index (χ2n) is 5.87. The molecule has 0 spiro atoms. The highest BCUT2D eigenvalue weighted by atomic mass is 35.5. The van der Waals surface area contributed by atoms with Gasteiger partial charge in [-0.2, -0.15) is 0 Å². The number of carboxylic acid groups (broad SMARTS) is 1. The Balaban J connectivity index is 0.000000232. The number of carbonyl (C=O) groups excluding carboxylic acids is 1. The fourth-order valence-corrected chi connectivity index (χ4v) is 2.33. The Hall–Kier alpha value is -3.16. The number of rotatable bonds is 8. The predicted octanol–water partition coefficient (Wildman–Crippen LogP) is 4.17. The number of hydrogen-bond acceptors (Lipinski definition) is 4. The quantitative estimate of drug-likeness (QED) is 0.478. The van der Waals surface area contributed by atoms with Crippen molar-refractivity contribution in [2.75, 3.05) is 13.2 Å². The minimum Gasteiger partial charge on any atom is -0.484 e. The molecule has 2 aromatic carbocycles. The molecule has 0 aliphatic carbocycles. The first-order chi connectivity index (χ1) is 14.4. The molecule has 0 fully saturated rings. The fourth-order valence-electron chi connectivity index (χ4n) is 2.08. The maximum absolute atomic E-state index is 11.5. The van der Waals surface area contributed by atoms with Crippen molar-refractivity contribution in [3.8, 4) is 11.5 Å². The normalized spacial score (nSPS) is 9.80. The minimum atomic E-state index is -0.995. The zero-order chi connectivity index (χ0) is 21.8. The van der Waals surface area contributed by atoms with Crippen molar-refractivity contribution in [1.82, 2.24) is 10.3 Å². The third-order valence-electron chi connectivity index (χ3n) is 3.51. The molecule has 0 bridgehead atoms. The van der Waals surface area contributed by atoms with E-state index in [4.69, 9.17) is 37.8 Å². The Morgan fingerprint density at radius 2 is 1.40 bits per heavy atom. The summed E-state index contributed by atoms with van der Waals surface area (Å²) in [7, 11) is 0. The molecule has 158 valence electrons. The highest BCUT2D eigenvalue weighted by Crippen LogP contribution is 2.16. The van der Waals surface area contributed by atoms with Crippen molar-refractivity contribution in [2.24, 2.45) is 0 Å². The number of carbonyl (C=O) groups is 2. The van der Waals surface area contributed by atoms with Crippen LogP contribution in [0.3, 0.4) is 0 Å². The van der Waals surface area contributed by atoms with Crippen LogP contribution in [0.2, 0.25) is 10.0 Å². The van der Waals surface area contributed by atoms with Gasteiger partial charge in [0.25, 0.3) is 5.91 Å². The van der Waals surface area contributed by atoms with Crippen LogP contribution in [0.25, 0.3) is 0 Å². The zero-order valence-electron chi connectivity index (χ0n) is 15.8. The Morgan fingerprint density at radius 1 is 0.867 bits per heavy atom. The third-order valence-corrected chi connectivity index (χ3v) is 4.02. The van der Waals surface area contributed by atoms with E-state index in [1.165, 1.54) is 0 Å². The zero-order valence-corrected chi connectivity index (χ0v) is 17.3. The van der Waals surface area contributed by atoms with E-state index in [9.17, 15) is 9.59 Å². The lowest BCUT2D eigenvalue weighted by atomic mass is 10.3. The SMILES string of the molecule is O=C(COc1ccc(Cl)cc1)NCc1cc[nH]c1.O=C(O)COc1ccc(Cl)cc1. The van der Waals surface area contributed by atoms with E-state index in [0.717, 1.165) is 5.56 Å². The lowest BCUT2D eigenvalue weighted by Gasteiger charge is -2.06. The first-order valence-corrected chi connectivity index (χ1v) is 9.55. The van der Waals surface area contributed by atoms with Crippen LogP contribution in [0.15, 0.2) is 67.0 Å². The molecule has 3 rings (SSSR count). The second-order valence-corrected chi connectivity index (χ2v) is 6.75. The van der Waals surface area contributed by atoms with Gasteiger partial charge in [0.2, 0.25) is 0 Å². The number of aliphatic carboxylic acids is 1. The molecule has 0 aliphatic rings. The molecule has 30 heavy (non-hydrogen) atoms. The Bertz CT molecular complexity index is 914. The van der Waals surface area contributed by atoms with Crippen LogP contribution in [-0.4, -0.2) is 35.2 Å². The number of aromatic amines is 1. The van der Waals surface area contributed by atoms with E-state index in [2.05, 4.69) is 10.3 Å². The van der Waals surface area contributed by atoms with Gasteiger partial charge in [0.1, 0.15) is 11.5 Å². The maximum Gasteiger partial charge on any atom is 0.341 e. The van der Waals surface area contributed by atoms with E-state index in [-0.39, 0.29) is 19.1 Å². The van der Waals surface area contributed by atoms with Crippen LogP contribution < -0.4 is 14.8 Å². The molecule has 3 N–H and O–H groups in total. The number of amides is 1. The highest BCUT2D eigenvalue weighted by Gasteiger charge is 2.03. The van der Waals surface area contributed by atoms with E-state index in [1.807, 2.05) is 18.5 Å². The Morgan fingerprint density at radius 3 is 1.87 bits per heavy atom. The molecular formula is C21H20Cl2N2O5. The summed E-state index contributed by atoms with van der Waals surface area (Å²) in [5.41, 5.74) is 1.02. The van der Waals surface area contributed by atoms with Gasteiger partial charge in [0, 0.05) is 29.0 Å². The van der Waals surface area contributed by atoms with Crippen molar-refractivity contribution < 1.29 is 24.2 Å². The standard InChI is InChI=1S/C13H13ClN2O2.C8H7ClO3/c14-11-1-3-12(4-2-11)18-9-13(17)16-8-10-5-6-15-7-10;9-6-1-3-7(4-2-6)12-5-8(10)11/h1-7,15H,8-9H2,(H,16,17);1-4H,5H2,(H,10,11). The summed E-state index contributed by atoms with van der Waals surface area (Å²) in [6, 6.07) is 15.3. The van der Waals surface area contributed by atoms with Crippen molar-refractivity contribution in [2.45, 2.75) is 6.54 Å². The van der Waals surface area contributed by atoms with Gasteiger partial charge in [-0.3, -0.25) is 4.79 Å². The number of nitrogens with one attached hydrogen (secondary N) is 2. The van der Waals surface area contributed by atoms with Crippen molar-refractivity contribution in [3.63, 3.8) is 0 Å². The summed E-state index contributed by atoms with van der Waals surface area (Å²) in [5, 5.41) is 12.3. The summed E-state index contributed by atoms with van der Waals surface area (Å²) in [6.45, 7) is 0.153. The van der Waals surface area contributed by atoms with E-state index in [1.54, 1.807) is 48.5 Å². The maximum atomic E-state index is 11.5. The van der Waals surface area contributed by atoms with E-state index < -0.39 is 5.97 Å². The lowest BCUT2D eigenvalue weighted by molar-refractivity contribution is -0.139. The smallest absolute Gasteiger partial charge is 0.341 e. The largest absolute Gasteiger partial charge is 0.484 e. The molecule has 1 amide bonds. The molecule has 1 heterocycles. The summed E-state index contributed by atoms with van der Waals surface area (Å²) < 4.78 is 10.2. The van der Waals surface area contributed by atoms with E-state index >= 15 is 0 Å². The molecule has 1 aromatic heterocycles. The Labute approximate surface area is 183 Å². The molecule has 0 saturated carbocycles. The molecule has 9 heteroatoms. The van der Waals surface area contributed by atoms with Gasteiger partial charge < -0.3 is 24.9 Å². The number of halogens is 2. The van der Waals surface area contributed by atoms with E-state index in [0.29, 0.717) is 28.1 Å². The third kappa shape index (κ3) is 9.36. The predicted molar refractivity (Wildman–Crippen MR) is 114 cm³/mol. The summed E-state index contributed by atoms with van der Waals surface area (Å²) >= 11 is 11.3. The highest BCUT2D eigenvalue weighted by molar-refractivity contribution is 6.30. The molecule has 0 saturated heterocycles. The number of hydrogen-bond donors (Lipinski definition) is 3. The topological polar surface area (TPSA) is 101 Å². The molecule has 0 unspecified atom stereocenters. The number of benzene rings is 2. The minimum absolute atomic E-state index is 0.00788. The molecule has 0 aliphatic heterocycles. The van der Waals surface area contributed by atoms with Gasteiger partial charge in [-0.05, 0) is 60.2 Å². The number of aromatic nitrogens is 1. The van der Waals surface area contributed by atoms with Crippen LogP contribution >= 0.6 is 23.2 Å². The van der Waals surface area contributed by atoms with Crippen LogP contribution in [0, 0.1) is 0 Å². The van der Waals surface area contributed by atoms with Crippen LogP contribution in [0.5, 0.6) is 11.5 Å². The van der Waals surface area contributed by atoms with Gasteiger partial charge in [-0.25, -0.2) is 4.79 Å². The summed E-state index contributed by atoms with van der Waals surface area (Å²) in [4.78, 5) is 24.5. The molecule has 3 aromatic rings. The van der Waals surface area contributed by atoms with Crippen LogP contribution in [-0.2, 0) is 16.1 Å². The average Bonchev–Trinajstić information content (AvgIpc) is 3.25. The molecule has 0 atom stereocenters. The van der Waals surface area contributed by atoms with Crippen LogP contribution in [0.1, 0.15) is 5.56 Å². The van der Waals surface area contributed by atoms with Gasteiger partial charge in [0.05, 0.1) is 0 Å². The summed E-state index contributed by atoms with van der Waals surface area (Å²) in [6.07, 6.45) is 3.64. The number of ether oxygens (including phenoxy) is 2. The second kappa shape index (κ2) is 12.4. The van der Waals surface area contributed by atoms with Crippen molar-refractivity contribution in [3.05, 3.63) is 82.6 Å². The lowest BCUT2D eigenvalue weighted by Crippen LogP contribution is -2.28. The first kappa shape index (κ1) is 23.1. The Kier molecular flexibility index (Phi) is 9.57. The molecular weight excluding hydrogens is 431 g/mol. The molecule has 7 nitrogen and oxygen atoms in total. The van der Waals surface area contributed by atoms with Crippen LogP contribution in [0.4, 0.5) is 0 Å². The fraction of sp³-hybridized carbons (Fsp3) is 0.143. The number of H-pyrrole nitrogens is 1. The number of carboxylic acids is 1. The van der Waals surface area contributed by atoms with Crippen molar-refractivity contribution >= 4 is 35.1 Å². The van der Waals surface area contributed by atoms with Gasteiger partial charge in [-0.1, -0.05) is 23.2 Å². The van der Waals surface area contributed by atoms with Gasteiger partial charge in [0.15, 0.2) is 13.2 Å².